The molecule has 0 spiro atoms. The van der Waals surface area contributed by atoms with E-state index in [-0.39, 0.29) is 29.6 Å². The molecule has 0 aromatic rings. The van der Waals surface area contributed by atoms with Crippen LogP contribution in [0, 0.1) is 0 Å². The molecule has 68 valence electrons. The van der Waals surface area contributed by atoms with Crippen molar-refractivity contribution in [3.8, 4) is 0 Å². The molecule has 0 aliphatic carbocycles. The molecule has 0 fully saturated rings. The van der Waals surface area contributed by atoms with E-state index in [1.807, 2.05) is 20.8 Å². The fourth-order valence-electron chi connectivity index (χ4n) is 1.09. The van der Waals surface area contributed by atoms with Gasteiger partial charge in [0.25, 0.3) is 0 Å². The van der Waals surface area contributed by atoms with Crippen LogP contribution in [0.25, 0.3) is 0 Å². The van der Waals surface area contributed by atoms with E-state index >= 15 is 0 Å². The second-order valence-corrected chi connectivity index (χ2v) is 2.44. The molecule has 12 heavy (non-hydrogen) atoms. The van der Waals surface area contributed by atoms with Crippen molar-refractivity contribution in [2.45, 2.75) is 39.2 Å². The Morgan fingerprint density at radius 1 is 1.33 bits per heavy atom. The van der Waals surface area contributed by atoms with Crippen LogP contribution < -0.4 is 0 Å². The van der Waals surface area contributed by atoms with Gasteiger partial charge in [-0.1, -0.05) is 13.8 Å². The van der Waals surface area contributed by atoms with Crippen LogP contribution >= 0.6 is 0 Å². The second-order valence-electron chi connectivity index (χ2n) is 2.44. The third-order valence-electron chi connectivity index (χ3n) is 1.95. The molecule has 0 radical (unpaired) electrons. The summed E-state index contributed by atoms with van der Waals surface area (Å²) in [5.41, 5.74) is -0.950. The predicted octanol–water partition coefficient (Wildman–Crippen LogP) is 1.02. The molecule has 0 aromatic carbocycles. The van der Waals surface area contributed by atoms with Crippen molar-refractivity contribution in [2.75, 3.05) is 6.61 Å². The standard InChI is InChI=1S/C8H16O3.Na.H/c1-4-8(5-2,7(9)10)11-6-3;;/h4-6H2,1-3H3,(H,9,10);;. The third-order valence-corrected chi connectivity index (χ3v) is 1.95. The summed E-state index contributed by atoms with van der Waals surface area (Å²) >= 11 is 0. The SMILES string of the molecule is CCOC(CC)(CC)C(=O)O.[NaH]. The first kappa shape index (κ1) is 14.9. The van der Waals surface area contributed by atoms with E-state index in [9.17, 15) is 4.79 Å². The summed E-state index contributed by atoms with van der Waals surface area (Å²) in [6.45, 7) is 5.91. The zero-order chi connectivity index (χ0) is 8.91. The summed E-state index contributed by atoms with van der Waals surface area (Å²) in [5.74, 6) is -0.857. The van der Waals surface area contributed by atoms with Crippen molar-refractivity contribution >= 4 is 35.5 Å². The van der Waals surface area contributed by atoms with Gasteiger partial charge >= 0.3 is 35.5 Å². The van der Waals surface area contributed by atoms with Crippen LogP contribution in [-0.4, -0.2) is 52.8 Å². The molecule has 0 aliphatic rings. The summed E-state index contributed by atoms with van der Waals surface area (Å²) in [6, 6.07) is 0. The molecule has 3 nitrogen and oxygen atoms in total. The van der Waals surface area contributed by atoms with E-state index in [1.165, 1.54) is 0 Å². The van der Waals surface area contributed by atoms with Gasteiger partial charge in [0.1, 0.15) is 0 Å². The monoisotopic (exact) mass is 184 g/mol. The summed E-state index contributed by atoms with van der Waals surface area (Å²) in [5, 5.41) is 8.83. The summed E-state index contributed by atoms with van der Waals surface area (Å²) in [7, 11) is 0. The number of rotatable bonds is 5. The number of ether oxygens (including phenoxy) is 1. The van der Waals surface area contributed by atoms with Gasteiger partial charge in [-0.15, -0.1) is 0 Å². The Labute approximate surface area is 95.8 Å². The fourth-order valence-corrected chi connectivity index (χ4v) is 1.09. The Hall–Kier alpha value is 0.430. The van der Waals surface area contributed by atoms with E-state index in [4.69, 9.17) is 9.84 Å². The van der Waals surface area contributed by atoms with Crippen LogP contribution in [0.2, 0.25) is 0 Å². The van der Waals surface area contributed by atoms with E-state index in [2.05, 4.69) is 0 Å². The third kappa shape index (κ3) is 3.44. The molecule has 0 saturated heterocycles. The van der Waals surface area contributed by atoms with Gasteiger partial charge in [-0.05, 0) is 19.8 Å². The van der Waals surface area contributed by atoms with Crippen molar-refractivity contribution in [1.29, 1.82) is 0 Å². The Balaban J connectivity index is 0. The first-order valence-corrected chi connectivity index (χ1v) is 4.00. The molecular weight excluding hydrogens is 167 g/mol. The van der Waals surface area contributed by atoms with Gasteiger partial charge in [0.05, 0.1) is 0 Å². The second kappa shape index (κ2) is 6.89. The number of carbonyl (C=O) groups is 1. The van der Waals surface area contributed by atoms with Gasteiger partial charge in [-0.2, -0.15) is 0 Å². The molecule has 0 aromatic heterocycles. The topological polar surface area (TPSA) is 46.5 Å². The summed E-state index contributed by atoms with van der Waals surface area (Å²) in [4.78, 5) is 10.7. The molecule has 0 saturated carbocycles. The van der Waals surface area contributed by atoms with Crippen LogP contribution in [0.5, 0.6) is 0 Å². The minimum atomic E-state index is -0.950. The number of aliphatic carboxylic acids is 1. The Morgan fingerprint density at radius 3 is 1.83 bits per heavy atom. The Bertz CT molecular complexity index is 132. The molecule has 0 unspecified atom stereocenters. The number of hydrogen-bond acceptors (Lipinski definition) is 2. The summed E-state index contributed by atoms with van der Waals surface area (Å²) in [6.07, 6.45) is 1.04. The normalized spacial score (nSPS) is 10.6. The quantitative estimate of drug-likeness (QED) is 0.649. The van der Waals surface area contributed by atoms with Crippen LogP contribution in [-0.2, 0) is 9.53 Å². The van der Waals surface area contributed by atoms with Crippen LogP contribution in [0.1, 0.15) is 33.6 Å². The maximum atomic E-state index is 10.7. The van der Waals surface area contributed by atoms with Gasteiger partial charge in [-0.25, -0.2) is 4.79 Å². The fraction of sp³-hybridized carbons (Fsp3) is 0.875. The van der Waals surface area contributed by atoms with Crippen LogP contribution in [0.4, 0.5) is 0 Å². The van der Waals surface area contributed by atoms with Gasteiger partial charge < -0.3 is 9.84 Å². The van der Waals surface area contributed by atoms with Crippen LogP contribution in [0.3, 0.4) is 0 Å². The Morgan fingerprint density at radius 2 is 1.75 bits per heavy atom. The van der Waals surface area contributed by atoms with Crippen molar-refractivity contribution in [1.82, 2.24) is 0 Å². The number of carboxylic acids is 1. The van der Waals surface area contributed by atoms with Gasteiger partial charge in [0, 0.05) is 6.61 Å². The molecule has 0 aliphatic heterocycles. The Kier molecular flexibility index (Phi) is 8.58. The van der Waals surface area contributed by atoms with Gasteiger partial charge in [0.2, 0.25) is 0 Å². The van der Waals surface area contributed by atoms with Gasteiger partial charge in [0.15, 0.2) is 5.60 Å². The molecular formula is C8H17NaO3. The maximum absolute atomic E-state index is 10.7. The van der Waals surface area contributed by atoms with E-state index in [0.29, 0.717) is 19.4 Å². The molecule has 0 bridgehead atoms. The zero-order valence-electron chi connectivity index (χ0n) is 7.39. The van der Waals surface area contributed by atoms with E-state index in [1.54, 1.807) is 0 Å². The zero-order valence-corrected chi connectivity index (χ0v) is 7.39. The van der Waals surface area contributed by atoms with Crippen molar-refractivity contribution in [2.24, 2.45) is 0 Å². The van der Waals surface area contributed by atoms with E-state index < -0.39 is 11.6 Å². The average Bonchev–Trinajstić information content (AvgIpc) is 2.00. The summed E-state index contributed by atoms with van der Waals surface area (Å²) < 4.78 is 5.19. The minimum absolute atomic E-state index is 0. The first-order chi connectivity index (χ1) is 5.13. The molecule has 0 rings (SSSR count). The predicted molar refractivity (Wildman–Crippen MR) is 49.7 cm³/mol. The molecule has 0 heterocycles. The number of hydrogen-bond donors (Lipinski definition) is 1. The average molecular weight is 184 g/mol. The first-order valence-electron chi connectivity index (χ1n) is 4.00. The van der Waals surface area contributed by atoms with Crippen LogP contribution in [0.15, 0.2) is 0 Å². The molecule has 0 amide bonds. The van der Waals surface area contributed by atoms with Crippen molar-refractivity contribution in [3.63, 3.8) is 0 Å². The van der Waals surface area contributed by atoms with E-state index in [0.717, 1.165) is 0 Å². The van der Waals surface area contributed by atoms with Crippen molar-refractivity contribution < 1.29 is 14.6 Å². The van der Waals surface area contributed by atoms with Crippen molar-refractivity contribution in [3.05, 3.63) is 0 Å². The molecule has 0 atom stereocenters. The van der Waals surface area contributed by atoms with Gasteiger partial charge in [-0.3, -0.25) is 0 Å². The number of carboxylic acid groups (broad SMARTS) is 1. The molecule has 4 heteroatoms. The molecule has 1 N–H and O–H groups in total.